The van der Waals surface area contributed by atoms with E-state index in [1.807, 2.05) is 32.0 Å². The quantitative estimate of drug-likeness (QED) is 0.878. The molecule has 3 aliphatic rings. The fourth-order valence-corrected chi connectivity index (χ4v) is 4.20. The predicted molar refractivity (Wildman–Crippen MR) is 94.7 cm³/mol. The van der Waals surface area contributed by atoms with Gasteiger partial charge in [0.1, 0.15) is 0 Å². The normalized spacial score (nSPS) is 29.2. The summed E-state index contributed by atoms with van der Waals surface area (Å²) in [4.78, 5) is 28.4. The van der Waals surface area contributed by atoms with Gasteiger partial charge in [0, 0.05) is 36.8 Å². The number of aryl methyl sites for hydroxylation is 1. The lowest BCUT2D eigenvalue weighted by Gasteiger charge is -2.26. The molecule has 0 unspecified atom stereocenters. The molecule has 3 fully saturated rings. The summed E-state index contributed by atoms with van der Waals surface area (Å²) in [6.45, 7) is 6.19. The van der Waals surface area contributed by atoms with Crippen molar-refractivity contribution in [3.05, 3.63) is 29.3 Å². The van der Waals surface area contributed by atoms with E-state index in [1.54, 1.807) is 9.80 Å². The van der Waals surface area contributed by atoms with Crippen LogP contribution in [0.25, 0.3) is 0 Å². The first-order valence-corrected chi connectivity index (χ1v) is 9.08. The highest BCUT2D eigenvalue weighted by Gasteiger charge is 2.53. The number of aliphatic hydroxyl groups is 1. The first kappa shape index (κ1) is 16.4. The van der Waals surface area contributed by atoms with E-state index in [-0.39, 0.29) is 17.9 Å². The van der Waals surface area contributed by atoms with Crippen LogP contribution >= 0.6 is 0 Å². The van der Waals surface area contributed by atoms with Crippen LogP contribution in [0.4, 0.5) is 10.5 Å². The molecule has 4 rings (SSSR count). The van der Waals surface area contributed by atoms with Crippen LogP contribution in [0.2, 0.25) is 0 Å². The molecule has 2 saturated heterocycles. The Kier molecular flexibility index (Phi) is 3.76. The van der Waals surface area contributed by atoms with Crippen molar-refractivity contribution >= 4 is 17.6 Å². The molecule has 0 aromatic heterocycles. The zero-order valence-electron chi connectivity index (χ0n) is 14.8. The van der Waals surface area contributed by atoms with Crippen molar-refractivity contribution in [1.29, 1.82) is 0 Å². The van der Waals surface area contributed by atoms with Crippen molar-refractivity contribution in [2.75, 3.05) is 31.1 Å². The molecule has 2 atom stereocenters. The average Bonchev–Trinajstić information content (AvgIpc) is 3.30. The Morgan fingerprint density at radius 3 is 2.76 bits per heavy atom. The Labute approximate surface area is 147 Å². The minimum atomic E-state index is -0.738. The lowest BCUT2D eigenvalue weighted by atomic mass is 9.88. The molecule has 1 aromatic carbocycles. The number of urea groups is 1. The Morgan fingerprint density at radius 2 is 2.12 bits per heavy atom. The molecule has 2 aliphatic heterocycles. The topological polar surface area (TPSA) is 72.9 Å². The summed E-state index contributed by atoms with van der Waals surface area (Å²) >= 11 is 0. The van der Waals surface area contributed by atoms with Crippen molar-refractivity contribution in [3.63, 3.8) is 0 Å². The fraction of sp³-hybridized carbons (Fsp3) is 0.579. The van der Waals surface area contributed by atoms with Gasteiger partial charge in [0.05, 0.1) is 12.1 Å². The fourth-order valence-electron chi connectivity index (χ4n) is 4.20. The van der Waals surface area contributed by atoms with Crippen molar-refractivity contribution in [1.82, 2.24) is 10.2 Å². The summed E-state index contributed by atoms with van der Waals surface area (Å²) in [5.74, 6) is 0.365. The van der Waals surface area contributed by atoms with Gasteiger partial charge in [-0.25, -0.2) is 4.79 Å². The van der Waals surface area contributed by atoms with E-state index < -0.39 is 5.60 Å². The van der Waals surface area contributed by atoms with Gasteiger partial charge in [0.2, 0.25) is 0 Å². The van der Waals surface area contributed by atoms with Crippen LogP contribution in [0.5, 0.6) is 0 Å². The summed E-state index contributed by atoms with van der Waals surface area (Å²) in [5, 5.41) is 13.7. The highest BCUT2D eigenvalue weighted by molar-refractivity contribution is 5.99. The lowest BCUT2D eigenvalue weighted by molar-refractivity contribution is -0.00364. The summed E-state index contributed by atoms with van der Waals surface area (Å²) in [6.07, 6.45) is 2.11. The highest BCUT2D eigenvalue weighted by Crippen LogP contribution is 2.47. The molecule has 2 heterocycles. The average molecular weight is 343 g/mol. The zero-order valence-corrected chi connectivity index (χ0v) is 14.8. The number of amides is 3. The van der Waals surface area contributed by atoms with Crippen LogP contribution in [0, 0.1) is 18.8 Å². The number of hydrogen-bond acceptors (Lipinski definition) is 3. The zero-order chi connectivity index (χ0) is 17.8. The second-order valence-electron chi connectivity index (χ2n) is 7.74. The third kappa shape index (κ3) is 2.68. The molecule has 1 aromatic rings. The predicted octanol–water partition coefficient (Wildman–Crippen LogP) is 1.76. The van der Waals surface area contributed by atoms with Gasteiger partial charge in [-0.3, -0.25) is 9.69 Å². The van der Waals surface area contributed by atoms with E-state index in [2.05, 4.69) is 5.32 Å². The molecule has 0 radical (unpaired) electrons. The van der Waals surface area contributed by atoms with E-state index >= 15 is 0 Å². The number of β-amino-alcohol motifs (C(OH)–C–C–N with tert-alkyl or cyclic N) is 1. The van der Waals surface area contributed by atoms with E-state index in [9.17, 15) is 14.7 Å². The molecule has 2 N–H and O–H groups in total. The largest absolute Gasteiger partial charge is 0.387 e. The summed E-state index contributed by atoms with van der Waals surface area (Å²) in [7, 11) is 0. The first-order chi connectivity index (χ1) is 11.9. The third-order valence-corrected chi connectivity index (χ3v) is 5.97. The maximum atomic E-state index is 13.0. The first-order valence-electron chi connectivity index (χ1n) is 9.08. The van der Waals surface area contributed by atoms with Gasteiger partial charge in [0.25, 0.3) is 5.91 Å². The number of carbonyl (C=O) groups excluding carboxylic acids is 2. The Hall–Kier alpha value is -2.08. The van der Waals surface area contributed by atoms with Crippen molar-refractivity contribution in [3.8, 4) is 0 Å². The van der Waals surface area contributed by atoms with E-state index in [0.29, 0.717) is 37.7 Å². The van der Waals surface area contributed by atoms with Gasteiger partial charge in [-0.2, -0.15) is 0 Å². The van der Waals surface area contributed by atoms with Crippen LogP contribution in [-0.4, -0.2) is 53.7 Å². The van der Waals surface area contributed by atoms with Crippen molar-refractivity contribution in [2.45, 2.75) is 32.3 Å². The second-order valence-corrected chi connectivity index (χ2v) is 7.74. The molecule has 3 amide bonds. The maximum Gasteiger partial charge on any atom is 0.322 e. The van der Waals surface area contributed by atoms with Crippen molar-refractivity contribution in [2.24, 2.45) is 11.8 Å². The Bertz CT molecular complexity index is 731. The number of likely N-dealkylation sites (tertiary alicyclic amines) is 1. The number of nitrogens with zero attached hydrogens (tertiary/aromatic N) is 2. The maximum absolute atomic E-state index is 13.0. The molecule has 0 spiro atoms. The lowest BCUT2D eigenvalue weighted by Crippen LogP contribution is -2.40. The number of hydrogen-bond donors (Lipinski definition) is 2. The number of anilines is 1. The number of rotatable bonds is 3. The van der Waals surface area contributed by atoms with Gasteiger partial charge in [0.15, 0.2) is 0 Å². The highest BCUT2D eigenvalue weighted by atomic mass is 16.3. The minimum Gasteiger partial charge on any atom is -0.387 e. The summed E-state index contributed by atoms with van der Waals surface area (Å²) in [5.41, 5.74) is 1.59. The van der Waals surface area contributed by atoms with Gasteiger partial charge in [-0.1, -0.05) is 13.0 Å². The number of benzene rings is 1. The summed E-state index contributed by atoms with van der Waals surface area (Å²) < 4.78 is 0. The third-order valence-electron chi connectivity index (χ3n) is 5.97. The molecular formula is C19H25N3O3. The Balaban J connectivity index is 1.57. The second kappa shape index (κ2) is 5.73. The van der Waals surface area contributed by atoms with E-state index in [1.165, 1.54) is 0 Å². The standard InChI is InChI=1S/C19H25N3O3/c1-12-3-4-14(9-16(12)22-8-7-20-18(22)24)17(23)21-10-13(2)19(25,11-21)15-5-6-15/h3-4,9,13,15,25H,5-8,10-11H2,1-2H3,(H,20,24)/t13-,19+/m1/s1. The summed E-state index contributed by atoms with van der Waals surface area (Å²) in [6, 6.07) is 5.39. The molecule has 1 aliphatic carbocycles. The SMILES string of the molecule is Cc1ccc(C(=O)N2C[C@@H](C)[C@](O)(C3CC3)C2)cc1N1CCNC1=O. The van der Waals surface area contributed by atoms with Crippen LogP contribution < -0.4 is 10.2 Å². The number of nitrogens with one attached hydrogen (secondary N) is 1. The molecule has 1 saturated carbocycles. The molecule has 134 valence electrons. The molecule has 6 nitrogen and oxygen atoms in total. The Morgan fingerprint density at radius 1 is 1.36 bits per heavy atom. The van der Waals surface area contributed by atoms with Crippen LogP contribution in [0.3, 0.4) is 0 Å². The van der Waals surface area contributed by atoms with Crippen LogP contribution in [0.1, 0.15) is 35.7 Å². The van der Waals surface area contributed by atoms with Crippen molar-refractivity contribution < 1.29 is 14.7 Å². The number of carbonyl (C=O) groups is 2. The van der Waals surface area contributed by atoms with E-state index in [0.717, 1.165) is 24.1 Å². The van der Waals surface area contributed by atoms with Gasteiger partial charge >= 0.3 is 6.03 Å². The minimum absolute atomic E-state index is 0.0655. The van der Waals surface area contributed by atoms with E-state index in [4.69, 9.17) is 0 Å². The molecule has 6 heteroatoms. The van der Waals surface area contributed by atoms with Gasteiger partial charge in [-0.05, 0) is 43.4 Å². The van der Waals surface area contributed by atoms with Gasteiger partial charge in [-0.15, -0.1) is 0 Å². The van der Waals surface area contributed by atoms with Crippen LogP contribution in [-0.2, 0) is 0 Å². The smallest absolute Gasteiger partial charge is 0.322 e. The monoisotopic (exact) mass is 343 g/mol. The van der Waals surface area contributed by atoms with Gasteiger partial charge < -0.3 is 15.3 Å². The molecular weight excluding hydrogens is 318 g/mol. The molecule has 0 bridgehead atoms. The molecule has 25 heavy (non-hydrogen) atoms. The van der Waals surface area contributed by atoms with Crippen LogP contribution in [0.15, 0.2) is 18.2 Å².